The van der Waals surface area contributed by atoms with E-state index in [1.54, 1.807) is 0 Å². The number of hydrogen-bond acceptors (Lipinski definition) is 1. The zero-order valence-electron chi connectivity index (χ0n) is 10.8. The van der Waals surface area contributed by atoms with E-state index in [1.165, 1.54) is 0 Å². The number of nitrogens with zero attached hydrogens (tertiary/aromatic N) is 1. The molecule has 3 aromatic rings. The Morgan fingerprint density at radius 3 is 2.45 bits per heavy atom. The van der Waals surface area contributed by atoms with Crippen LogP contribution in [0.3, 0.4) is 0 Å². The summed E-state index contributed by atoms with van der Waals surface area (Å²) in [6.07, 6.45) is 3.95. The maximum Gasteiger partial charge on any atom is 0.227 e. The number of carbonyl (C=O) groups is 1. The summed E-state index contributed by atoms with van der Waals surface area (Å²) in [5.74, 6) is 0.109. The van der Waals surface area contributed by atoms with Gasteiger partial charge in [-0.1, -0.05) is 48.5 Å². The summed E-state index contributed by atoms with van der Waals surface area (Å²) in [5, 5.41) is 2.26. The van der Waals surface area contributed by atoms with Crippen molar-refractivity contribution in [2.24, 2.45) is 0 Å². The number of fused-ring (bicyclic) bond motifs is 1. The van der Waals surface area contributed by atoms with E-state index in [9.17, 15) is 4.79 Å². The normalized spacial score (nSPS) is 10.7. The molecule has 0 aliphatic carbocycles. The number of ketones is 1. The average molecular weight is 327 g/mol. The molecular formula is C17H13BrNO+. The molecule has 2 aromatic carbocycles. The van der Waals surface area contributed by atoms with Crippen molar-refractivity contribution in [3.05, 3.63) is 77.0 Å². The minimum atomic E-state index is 0.109. The fourth-order valence-electron chi connectivity index (χ4n) is 2.23. The summed E-state index contributed by atoms with van der Waals surface area (Å²) < 4.78 is 2.92. The van der Waals surface area contributed by atoms with Crippen molar-refractivity contribution in [1.29, 1.82) is 0 Å². The van der Waals surface area contributed by atoms with Crippen molar-refractivity contribution in [2.75, 3.05) is 0 Å². The topological polar surface area (TPSA) is 20.9 Å². The zero-order chi connectivity index (χ0) is 13.9. The largest absolute Gasteiger partial charge is 0.287 e. The second-order valence-electron chi connectivity index (χ2n) is 4.65. The van der Waals surface area contributed by atoms with E-state index in [1.807, 2.05) is 65.5 Å². The fraction of sp³-hybridized carbons (Fsp3) is 0.0588. The third kappa shape index (κ3) is 2.63. The monoisotopic (exact) mass is 326 g/mol. The smallest absolute Gasteiger partial charge is 0.227 e. The van der Waals surface area contributed by atoms with Gasteiger partial charge in [0.15, 0.2) is 12.4 Å². The summed E-state index contributed by atoms with van der Waals surface area (Å²) in [6.45, 7) is 0.341. The lowest BCUT2D eigenvalue weighted by Gasteiger charge is -2.02. The molecule has 0 aliphatic heterocycles. The molecule has 0 bridgehead atoms. The number of carbonyl (C=O) groups excluding carboxylic acids is 1. The highest BCUT2D eigenvalue weighted by atomic mass is 79.9. The van der Waals surface area contributed by atoms with E-state index in [2.05, 4.69) is 22.0 Å². The van der Waals surface area contributed by atoms with Gasteiger partial charge in [-0.25, -0.2) is 0 Å². The van der Waals surface area contributed by atoms with Gasteiger partial charge in [-0.3, -0.25) is 4.79 Å². The zero-order valence-corrected chi connectivity index (χ0v) is 12.4. The SMILES string of the molecule is O=C(C[n+]1cc(Br)c2ccccc2c1)c1ccccc1. The van der Waals surface area contributed by atoms with Crippen molar-refractivity contribution in [3.63, 3.8) is 0 Å². The van der Waals surface area contributed by atoms with Crippen LogP contribution in [0, 0.1) is 0 Å². The van der Waals surface area contributed by atoms with Crippen LogP contribution in [0.4, 0.5) is 0 Å². The first kappa shape index (κ1) is 13.0. The Balaban J connectivity index is 1.94. The minimum absolute atomic E-state index is 0.109. The molecule has 0 spiro atoms. The molecule has 0 radical (unpaired) electrons. The molecule has 2 nitrogen and oxygen atoms in total. The van der Waals surface area contributed by atoms with Gasteiger partial charge in [0.2, 0.25) is 12.3 Å². The molecule has 1 heterocycles. The Morgan fingerprint density at radius 2 is 1.65 bits per heavy atom. The van der Waals surface area contributed by atoms with Crippen LogP contribution in [0.15, 0.2) is 71.5 Å². The first-order valence-corrected chi connectivity index (χ1v) is 7.19. The highest BCUT2D eigenvalue weighted by Crippen LogP contribution is 2.21. The average Bonchev–Trinajstić information content (AvgIpc) is 2.48. The van der Waals surface area contributed by atoms with Gasteiger partial charge >= 0.3 is 0 Å². The number of Topliss-reactive ketones (excluding diaryl/α,β-unsaturated/α-hetero) is 1. The van der Waals surface area contributed by atoms with Crippen LogP contribution in [0.2, 0.25) is 0 Å². The Morgan fingerprint density at radius 1 is 0.950 bits per heavy atom. The molecule has 0 saturated heterocycles. The van der Waals surface area contributed by atoms with Crippen LogP contribution in [0.1, 0.15) is 10.4 Å². The molecule has 98 valence electrons. The first-order valence-electron chi connectivity index (χ1n) is 6.39. The molecule has 1 aromatic heterocycles. The van der Waals surface area contributed by atoms with E-state index in [-0.39, 0.29) is 5.78 Å². The summed E-state index contributed by atoms with van der Waals surface area (Å²) in [7, 11) is 0. The highest BCUT2D eigenvalue weighted by Gasteiger charge is 2.14. The number of halogens is 1. The molecule has 0 amide bonds. The van der Waals surface area contributed by atoms with Gasteiger partial charge in [-0.15, -0.1) is 0 Å². The fourth-order valence-corrected chi connectivity index (χ4v) is 2.85. The Kier molecular flexibility index (Phi) is 3.61. The van der Waals surface area contributed by atoms with Gasteiger partial charge in [0.05, 0.1) is 4.47 Å². The summed E-state index contributed by atoms with van der Waals surface area (Å²) >= 11 is 3.56. The van der Waals surface area contributed by atoms with Gasteiger partial charge in [0.1, 0.15) is 0 Å². The molecule has 3 heteroatoms. The minimum Gasteiger partial charge on any atom is -0.287 e. The first-order chi connectivity index (χ1) is 9.74. The number of hydrogen-bond donors (Lipinski definition) is 0. The molecule has 0 saturated carbocycles. The lowest BCUT2D eigenvalue weighted by molar-refractivity contribution is -0.682. The van der Waals surface area contributed by atoms with Crippen LogP contribution in [0.5, 0.6) is 0 Å². The van der Waals surface area contributed by atoms with E-state index in [4.69, 9.17) is 0 Å². The van der Waals surface area contributed by atoms with Crippen LogP contribution in [-0.4, -0.2) is 5.78 Å². The lowest BCUT2D eigenvalue weighted by atomic mass is 10.1. The molecule has 0 atom stereocenters. The summed E-state index contributed by atoms with van der Waals surface area (Å²) in [6, 6.07) is 17.5. The van der Waals surface area contributed by atoms with E-state index < -0.39 is 0 Å². The van der Waals surface area contributed by atoms with Gasteiger partial charge in [-0.2, -0.15) is 4.57 Å². The summed E-state index contributed by atoms with van der Waals surface area (Å²) in [5.41, 5.74) is 0.740. The van der Waals surface area contributed by atoms with Gasteiger partial charge in [0.25, 0.3) is 0 Å². The summed E-state index contributed by atoms with van der Waals surface area (Å²) in [4.78, 5) is 12.2. The maximum atomic E-state index is 12.2. The predicted octanol–water partition coefficient (Wildman–Crippen LogP) is 3.77. The van der Waals surface area contributed by atoms with Crippen molar-refractivity contribution in [3.8, 4) is 0 Å². The molecule has 0 fully saturated rings. The molecule has 20 heavy (non-hydrogen) atoms. The van der Waals surface area contributed by atoms with Crippen molar-refractivity contribution in [1.82, 2.24) is 0 Å². The lowest BCUT2D eigenvalue weighted by Crippen LogP contribution is -2.37. The molecule has 0 N–H and O–H groups in total. The third-order valence-electron chi connectivity index (χ3n) is 3.22. The predicted molar refractivity (Wildman–Crippen MR) is 82.6 cm³/mol. The molecule has 3 rings (SSSR count). The Hall–Kier alpha value is -2.00. The highest BCUT2D eigenvalue weighted by molar-refractivity contribution is 9.10. The van der Waals surface area contributed by atoms with Crippen molar-refractivity contribution < 1.29 is 9.36 Å². The maximum absolute atomic E-state index is 12.2. The van der Waals surface area contributed by atoms with Gasteiger partial charge in [-0.05, 0) is 22.0 Å². The van der Waals surface area contributed by atoms with Crippen LogP contribution in [-0.2, 0) is 6.54 Å². The van der Waals surface area contributed by atoms with Crippen LogP contribution in [0.25, 0.3) is 10.8 Å². The van der Waals surface area contributed by atoms with Crippen molar-refractivity contribution >= 4 is 32.5 Å². The van der Waals surface area contributed by atoms with E-state index >= 15 is 0 Å². The Labute approximate surface area is 125 Å². The van der Waals surface area contributed by atoms with Crippen LogP contribution < -0.4 is 4.57 Å². The molecular weight excluding hydrogens is 314 g/mol. The molecule has 0 aliphatic rings. The van der Waals surface area contributed by atoms with E-state index in [0.717, 1.165) is 20.8 Å². The van der Waals surface area contributed by atoms with Gasteiger partial charge < -0.3 is 0 Å². The van der Waals surface area contributed by atoms with Gasteiger partial charge in [0, 0.05) is 16.3 Å². The number of pyridine rings is 1. The second-order valence-corrected chi connectivity index (χ2v) is 5.51. The second kappa shape index (κ2) is 5.55. The number of benzene rings is 2. The Bertz CT molecular complexity index is 768. The third-order valence-corrected chi connectivity index (χ3v) is 3.86. The quantitative estimate of drug-likeness (QED) is 0.530. The number of rotatable bonds is 3. The standard InChI is InChI=1S/C17H13BrNO/c18-16-11-19(10-14-8-4-5-9-15(14)16)12-17(20)13-6-2-1-3-7-13/h1-11H,12H2/q+1. The van der Waals surface area contributed by atoms with Crippen molar-refractivity contribution in [2.45, 2.75) is 6.54 Å². The van der Waals surface area contributed by atoms with E-state index in [0.29, 0.717) is 6.54 Å². The molecule has 0 unspecified atom stereocenters. The van der Waals surface area contributed by atoms with Crippen LogP contribution >= 0.6 is 15.9 Å². The number of aromatic nitrogens is 1.